The van der Waals surface area contributed by atoms with E-state index in [4.69, 9.17) is 17.0 Å². The van der Waals surface area contributed by atoms with Crippen molar-refractivity contribution in [2.24, 2.45) is 0 Å². The number of anilines is 1. The van der Waals surface area contributed by atoms with Gasteiger partial charge in [0, 0.05) is 29.8 Å². The highest BCUT2D eigenvalue weighted by Gasteiger charge is 2.25. The summed E-state index contributed by atoms with van der Waals surface area (Å²) in [7, 11) is 5.05. The minimum absolute atomic E-state index is 0.124. The molecule has 0 N–H and O–H groups in total. The van der Waals surface area contributed by atoms with Gasteiger partial charge < -0.3 is 9.15 Å². The lowest BCUT2D eigenvalue weighted by molar-refractivity contribution is 0.0603. The number of ether oxygens (including phenoxy) is 1. The fraction of sp³-hybridized carbons (Fsp3) is 0.167. The van der Waals surface area contributed by atoms with Gasteiger partial charge in [0.15, 0.2) is 0 Å². The summed E-state index contributed by atoms with van der Waals surface area (Å²) in [5.41, 5.74) is 1.19. The number of carbonyl (C=O) groups excluding carboxylic acids is 1. The van der Waals surface area contributed by atoms with Crippen LogP contribution in [0.15, 0.2) is 40.8 Å². The first-order valence-electron chi connectivity index (χ1n) is 7.77. The fourth-order valence-electron chi connectivity index (χ4n) is 2.71. The molecule has 0 aliphatic heterocycles. The summed E-state index contributed by atoms with van der Waals surface area (Å²) in [5.74, 6) is -0.914. The van der Waals surface area contributed by atoms with Gasteiger partial charge in [0.25, 0.3) is 0 Å². The van der Waals surface area contributed by atoms with E-state index in [0.717, 1.165) is 10.6 Å². The van der Waals surface area contributed by atoms with E-state index in [1.807, 2.05) is 0 Å². The molecule has 138 valence electrons. The summed E-state index contributed by atoms with van der Waals surface area (Å²) >= 11 is 0. The maximum absolute atomic E-state index is 13.2. The van der Waals surface area contributed by atoms with Crippen molar-refractivity contribution in [2.75, 3.05) is 24.7 Å². The second kappa shape index (κ2) is 6.73. The lowest BCUT2D eigenvalue weighted by Crippen LogP contribution is -2.29. The molecular weight excluding hydrogens is 372 g/mol. The van der Waals surface area contributed by atoms with Crippen molar-refractivity contribution < 1.29 is 26.8 Å². The predicted molar refractivity (Wildman–Crippen MR) is 102 cm³/mol. The zero-order valence-corrected chi connectivity index (χ0v) is 15.6. The van der Waals surface area contributed by atoms with Crippen molar-refractivity contribution in [2.45, 2.75) is 0 Å². The molecular formula is C18H15BFNO5S. The van der Waals surface area contributed by atoms with Crippen molar-refractivity contribution in [3.8, 4) is 11.3 Å². The summed E-state index contributed by atoms with van der Waals surface area (Å²) in [6.07, 6.45) is 1.04. The van der Waals surface area contributed by atoms with Gasteiger partial charge in [-0.1, -0.05) is 11.5 Å². The van der Waals surface area contributed by atoms with Crippen LogP contribution in [0.3, 0.4) is 0 Å². The highest BCUT2D eigenvalue weighted by Crippen LogP contribution is 2.35. The summed E-state index contributed by atoms with van der Waals surface area (Å²) in [6, 6.07) is 8.29. The van der Waals surface area contributed by atoms with Crippen LogP contribution in [0.4, 0.5) is 10.1 Å². The maximum Gasteiger partial charge on any atom is 0.342 e. The molecule has 0 aliphatic carbocycles. The highest BCUT2D eigenvalue weighted by molar-refractivity contribution is 7.92. The van der Waals surface area contributed by atoms with E-state index in [-0.39, 0.29) is 28.1 Å². The number of benzene rings is 2. The zero-order chi connectivity index (χ0) is 19.9. The Morgan fingerprint density at radius 2 is 1.85 bits per heavy atom. The average molecular weight is 387 g/mol. The first-order valence-corrected chi connectivity index (χ1v) is 9.62. The van der Waals surface area contributed by atoms with Crippen molar-refractivity contribution in [1.82, 2.24) is 0 Å². The number of hydrogen-bond donors (Lipinski definition) is 0. The molecule has 27 heavy (non-hydrogen) atoms. The van der Waals surface area contributed by atoms with E-state index >= 15 is 0 Å². The van der Waals surface area contributed by atoms with E-state index in [2.05, 4.69) is 0 Å². The standard InChI is InChI=1S/C18H15BFNO5S/c1-21(27(3,23)24)14-9-15-12(8-13(14)19)16(18(22)25-2)17(26-15)10-4-6-11(20)7-5-10/h4-9H,1-3H3. The average Bonchev–Trinajstić information content (AvgIpc) is 2.97. The molecule has 0 unspecified atom stereocenters. The van der Waals surface area contributed by atoms with E-state index in [1.54, 1.807) is 0 Å². The molecule has 0 aliphatic rings. The molecule has 1 heterocycles. The largest absolute Gasteiger partial charge is 0.465 e. The van der Waals surface area contributed by atoms with Crippen molar-refractivity contribution in [3.63, 3.8) is 0 Å². The smallest absolute Gasteiger partial charge is 0.342 e. The number of furan rings is 1. The number of carbonyl (C=O) groups is 1. The SMILES string of the molecule is [B]c1cc2c(C(=O)OC)c(-c3ccc(F)cc3)oc2cc1N(C)S(C)(=O)=O. The fourth-order valence-corrected chi connectivity index (χ4v) is 3.22. The number of rotatable bonds is 4. The normalized spacial score (nSPS) is 11.6. The zero-order valence-electron chi connectivity index (χ0n) is 14.8. The summed E-state index contributed by atoms with van der Waals surface area (Å²) in [4.78, 5) is 12.3. The Hall–Kier alpha value is -2.81. The van der Waals surface area contributed by atoms with Crippen LogP contribution in [0.2, 0.25) is 0 Å². The summed E-state index contributed by atoms with van der Waals surface area (Å²) in [6.45, 7) is 0. The van der Waals surface area contributed by atoms with Crippen LogP contribution in [0.1, 0.15) is 10.4 Å². The second-order valence-corrected chi connectivity index (χ2v) is 7.96. The van der Waals surface area contributed by atoms with Crippen molar-refractivity contribution >= 4 is 46.0 Å². The molecule has 2 aromatic carbocycles. The van der Waals surface area contributed by atoms with Crippen LogP contribution in [-0.4, -0.2) is 42.6 Å². The van der Waals surface area contributed by atoms with E-state index in [9.17, 15) is 17.6 Å². The van der Waals surface area contributed by atoms with Crippen molar-refractivity contribution in [3.05, 3.63) is 47.8 Å². The molecule has 1 aromatic heterocycles. The first kappa shape index (κ1) is 19.0. The molecule has 0 bridgehead atoms. The van der Waals surface area contributed by atoms with E-state index in [0.29, 0.717) is 10.9 Å². The quantitative estimate of drug-likeness (QED) is 0.507. The van der Waals surface area contributed by atoms with Gasteiger partial charge in [0.2, 0.25) is 10.0 Å². The molecule has 0 saturated heterocycles. The van der Waals surface area contributed by atoms with Gasteiger partial charge in [-0.05, 0) is 24.3 Å². The number of hydrogen-bond acceptors (Lipinski definition) is 5. The number of fused-ring (bicyclic) bond motifs is 1. The topological polar surface area (TPSA) is 76.8 Å². The van der Waals surface area contributed by atoms with Gasteiger partial charge in [-0.2, -0.15) is 0 Å². The van der Waals surface area contributed by atoms with Gasteiger partial charge in [0.05, 0.1) is 13.4 Å². The Labute approximate surface area is 157 Å². The number of halogens is 1. The summed E-state index contributed by atoms with van der Waals surface area (Å²) in [5, 5.41) is 0.365. The third kappa shape index (κ3) is 3.42. The molecule has 3 rings (SSSR count). The lowest BCUT2D eigenvalue weighted by atomic mass is 9.91. The molecule has 0 saturated carbocycles. The molecule has 0 spiro atoms. The molecule has 0 atom stereocenters. The molecule has 2 radical (unpaired) electrons. The van der Waals surface area contributed by atoms with E-state index in [1.165, 1.54) is 50.6 Å². The highest BCUT2D eigenvalue weighted by atomic mass is 32.2. The number of nitrogens with zero attached hydrogens (tertiary/aromatic N) is 1. The summed E-state index contributed by atoms with van der Waals surface area (Å²) < 4.78 is 48.6. The first-order chi connectivity index (χ1) is 12.6. The van der Waals surface area contributed by atoms with Crippen LogP contribution in [-0.2, 0) is 14.8 Å². The predicted octanol–water partition coefficient (Wildman–Crippen LogP) is 2.22. The van der Waals surface area contributed by atoms with Crippen LogP contribution in [0.25, 0.3) is 22.3 Å². The molecule has 3 aromatic rings. The Balaban J connectivity index is 2.30. The maximum atomic E-state index is 13.2. The Morgan fingerprint density at radius 1 is 1.22 bits per heavy atom. The van der Waals surface area contributed by atoms with Gasteiger partial charge in [-0.15, -0.1) is 0 Å². The number of methoxy groups -OCH3 is 1. The Kier molecular flexibility index (Phi) is 4.73. The molecule has 0 amide bonds. The third-order valence-electron chi connectivity index (χ3n) is 4.17. The monoisotopic (exact) mass is 387 g/mol. The van der Waals surface area contributed by atoms with Gasteiger partial charge in [-0.3, -0.25) is 4.31 Å². The van der Waals surface area contributed by atoms with Gasteiger partial charge >= 0.3 is 5.97 Å². The minimum atomic E-state index is -3.55. The number of sulfonamides is 1. The van der Waals surface area contributed by atoms with Crippen LogP contribution in [0, 0.1) is 5.82 Å². The second-order valence-electron chi connectivity index (χ2n) is 5.94. The van der Waals surface area contributed by atoms with Crippen LogP contribution >= 0.6 is 0 Å². The Morgan fingerprint density at radius 3 is 2.41 bits per heavy atom. The van der Waals surface area contributed by atoms with Crippen LogP contribution < -0.4 is 9.77 Å². The van der Waals surface area contributed by atoms with Gasteiger partial charge in [-0.25, -0.2) is 17.6 Å². The van der Waals surface area contributed by atoms with Crippen molar-refractivity contribution in [1.29, 1.82) is 0 Å². The molecule has 0 fully saturated rings. The third-order valence-corrected chi connectivity index (χ3v) is 5.36. The number of esters is 1. The molecule has 6 nitrogen and oxygen atoms in total. The van der Waals surface area contributed by atoms with E-state index < -0.39 is 21.8 Å². The lowest BCUT2D eigenvalue weighted by Gasteiger charge is -2.19. The van der Waals surface area contributed by atoms with Gasteiger partial charge in [0.1, 0.15) is 30.6 Å². The van der Waals surface area contributed by atoms with Crippen LogP contribution in [0.5, 0.6) is 0 Å². The minimum Gasteiger partial charge on any atom is -0.465 e. The molecule has 9 heteroatoms. The Bertz CT molecular complexity index is 1140.